The number of phenolic OH excluding ortho intramolecular Hbond substituents is 1. The van der Waals surface area contributed by atoms with Gasteiger partial charge in [-0.3, -0.25) is 0 Å². The number of hydrogen-bond donors (Lipinski definition) is 1. The summed E-state index contributed by atoms with van der Waals surface area (Å²) < 4.78 is 17.9. The Balaban J connectivity index is 1.91. The van der Waals surface area contributed by atoms with Crippen LogP contribution in [0.2, 0.25) is 34.3 Å². The Bertz CT molecular complexity index is 2220. The fourth-order valence-electron chi connectivity index (χ4n) is 13.1. The Morgan fingerprint density at radius 1 is 0.561 bits per heavy atom. The molecule has 0 atom stereocenters. The predicted octanol–water partition coefficient (Wildman–Crippen LogP) is 19.0. The number of aromatic hydroxyl groups is 1. The molecule has 0 aliphatic heterocycles. The van der Waals surface area contributed by atoms with Gasteiger partial charge in [0, 0.05) is 16.3 Å². The van der Waals surface area contributed by atoms with E-state index in [9.17, 15) is 5.11 Å². The zero-order valence-electron chi connectivity index (χ0n) is 45.0. The molecule has 0 bridgehead atoms. The molecule has 364 valence electrons. The lowest BCUT2D eigenvalue weighted by molar-refractivity contribution is 0.284. The third kappa shape index (κ3) is 11.6. The van der Waals surface area contributed by atoms with Gasteiger partial charge in [-0.05, 0) is 99.4 Å². The van der Waals surface area contributed by atoms with Gasteiger partial charge in [0.05, 0.1) is 32.9 Å². The summed E-state index contributed by atoms with van der Waals surface area (Å²) in [6.45, 7) is 38.2. The smallest absolute Gasteiger partial charge is 0.147 e. The standard InChI is InChI=1S/C61H94FNOSi2/c1-17-19-21-23-25-27-33-65(43(3)4,44(5)6)51-29-31-53-54-32-30-52(66(45(7)8,46(9)10)34-28-26-24-22-20-18-2)41-57(54)63(56(53)40-51)58-39-49(61(15,16)42-60(12,13)14)38-55(59(58)64)48-35-47(11)36-50(62)37-48/h29-32,35-41,43-46,64H,17-28,33-34,42H2,1-16H3. The molecule has 2 nitrogen and oxygen atoms in total. The largest absolute Gasteiger partial charge is 0.505 e. The Hall–Kier alpha value is -3.16. The molecular weight excluding hydrogens is 838 g/mol. The number of nitrogens with zero attached hydrogens (tertiary/aromatic N) is 1. The molecular formula is C61H94FNOSi2. The summed E-state index contributed by atoms with van der Waals surface area (Å²) in [6.07, 6.45) is 16.7. The first-order chi connectivity index (χ1) is 31.0. The summed E-state index contributed by atoms with van der Waals surface area (Å²) in [4.78, 5) is 0. The van der Waals surface area contributed by atoms with Gasteiger partial charge in [0.1, 0.15) is 11.6 Å². The molecule has 0 amide bonds. The van der Waals surface area contributed by atoms with E-state index in [1.807, 2.05) is 13.0 Å². The maximum Gasteiger partial charge on any atom is 0.147 e. The predicted molar refractivity (Wildman–Crippen MR) is 297 cm³/mol. The van der Waals surface area contributed by atoms with Crippen LogP contribution in [0.25, 0.3) is 38.6 Å². The van der Waals surface area contributed by atoms with E-state index in [4.69, 9.17) is 0 Å². The van der Waals surface area contributed by atoms with Crippen LogP contribution < -0.4 is 10.4 Å². The number of hydrogen-bond acceptors (Lipinski definition) is 1. The number of benzene rings is 4. The van der Waals surface area contributed by atoms with Crippen LogP contribution >= 0.6 is 0 Å². The molecule has 0 saturated carbocycles. The lowest BCUT2D eigenvalue weighted by Crippen LogP contribution is -2.53. The average molecular weight is 933 g/mol. The molecule has 0 aliphatic carbocycles. The van der Waals surface area contributed by atoms with Crippen molar-refractivity contribution < 1.29 is 9.50 Å². The van der Waals surface area contributed by atoms with Crippen LogP contribution in [0.5, 0.6) is 5.75 Å². The SMILES string of the molecule is CCCCCCCC[Si](c1ccc2c3ccc([Si](CCCCCCCC)(C(C)C)C(C)C)cc3n(-c3cc(C(C)(C)CC(C)(C)C)cc(-c4cc(C)cc(F)c4)c3O)c2c1)(C(C)C)C(C)C. The molecule has 0 unspecified atom stereocenters. The Morgan fingerprint density at radius 3 is 1.41 bits per heavy atom. The molecule has 66 heavy (non-hydrogen) atoms. The average Bonchev–Trinajstić information content (AvgIpc) is 3.54. The molecule has 5 rings (SSSR count). The first-order valence-corrected chi connectivity index (χ1v) is 31.5. The summed E-state index contributed by atoms with van der Waals surface area (Å²) in [5.74, 6) is -0.0592. The molecule has 4 aromatic carbocycles. The summed E-state index contributed by atoms with van der Waals surface area (Å²) >= 11 is 0. The Labute approximate surface area is 406 Å². The highest BCUT2D eigenvalue weighted by Crippen LogP contribution is 2.47. The zero-order valence-corrected chi connectivity index (χ0v) is 47.0. The second-order valence-electron chi connectivity index (χ2n) is 24.1. The third-order valence-electron chi connectivity index (χ3n) is 16.3. The Kier molecular flexibility index (Phi) is 18.3. The van der Waals surface area contributed by atoms with Gasteiger partial charge in [-0.15, -0.1) is 0 Å². The van der Waals surface area contributed by atoms with Crippen molar-refractivity contribution in [1.29, 1.82) is 0 Å². The molecule has 0 spiro atoms. The van der Waals surface area contributed by atoms with Crippen LogP contribution in [-0.2, 0) is 5.41 Å². The highest BCUT2D eigenvalue weighted by Gasteiger charge is 2.43. The van der Waals surface area contributed by atoms with E-state index in [1.165, 1.54) is 111 Å². The summed E-state index contributed by atoms with van der Waals surface area (Å²) in [6, 6.07) is 27.4. The first kappa shape index (κ1) is 53.8. The van der Waals surface area contributed by atoms with E-state index < -0.39 is 16.1 Å². The van der Waals surface area contributed by atoms with Crippen molar-refractivity contribution >= 4 is 48.3 Å². The van der Waals surface area contributed by atoms with Crippen molar-refractivity contribution in [2.45, 2.75) is 234 Å². The van der Waals surface area contributed by atoms with E-state index in [2.05, 4.69) is 157 Å². The van der Waals surface area contributed by atoms with Crippen molar-refractivity contribution in [3.05, 3.63) is 83.7 Å². The zero-order chi connectivity index (χ0) is 48.8. The lowest BCUT2D eigenvalue weighted by Gasteiger charge is -2.40. The van der Waals surface area contributed by atoms with E-state index >= 15 is 4.39 Å². The van der Waals surface area contributed by atoms with E-state index in [0.717, 1.165) is 28.8 Å². The number of aromatic nitrogens is 1. The van der Waals surface area contributed by atoms with Gasteiger partial charge >= 0.3 is 0 Å². The van der Waals surface area contributed by atoms with Crippen molar-refractivity contribution in [3.8, 4) is 22.6 Å². The minimum atomic E-state index is -2.05. The van der Waals surface area contributed by atoms with Gasteiger partial charge < -0.3 is 9.67 Å². The summed E-state index contributed by atoms with van der Waals surface area (Å²) in [5, 5.41) is 18.6. The number of unbranched alkanes of at least 4 members (excludes halogenated alkanes) is 10. The monoisotopic (exact) mass is 932 g/mol. The quantitative estimate of drug-likeness (QED) is 0.0484. The van der Waals surface area contributed by atoms with E-state index in [-0.39, 0.29) is 22.4 Å². The minimum absolute atomic E-state index is 0.0725. The second kappa shape index (κ2) is 22.5. The lowest BCUT2D eigenvalue weighted by atomic mass is 9.71. The topological polar surface area (TPSA) is 25.2 Å². The number of halogens is 1. The van der Waals surface area contributed by atoms with Crippen molar-refractivity contribution in [2.75, 3.05) is 0 Å². The summed E-state index contributed by atoms with van der Waals surface area (Å²) in [7, 11) is -4.10. The van der Waals surface area contributed by atoms with Crippen LogP contribution in [0.3, 0.4) is 0 Å². The second-order valence-corrected chi connectivity index (χ2v) is 35.0. The molecule has 1 aromatic heterocycles. The van der Waals surface area contributed by atoms with Crippen LogP contribution in [0, 0.1) is 18.2 Å². The van der Waals surface area contributed by atoms with Gasteiger partial charge in [-0.25, -0.2) is 4.39 Å². The normalized spacial score (nSPS) is 13.2. The van der Waals surface area contributed by atoms with Crippen LogP contribution in [0.4, 0.5) is 4.39 Å². The molecule has 5 aromatic rings. The van der Waals surface area contributed by atoms with Gasteiger partial charge in [0.15, 0.2) is 0 Å². The highest BCUT2D eigenvalue weighted by molar-refractivity contribution is 6.94. The van der Waals surface area contributed by atoms with E-state index in [1.54, 1.807) is 22.5 Å². The molecule has 0 aliphatic rings. The van der Waals surface area contributed by atoms with Crippen LogP contribution in [-0.4, -0.2) is 25.8 Å². The van der Waals surface area contributed by atoms with Gasteiger partial charge in [-0.1, -0.05) is 234 Å². The third-order valence-corrected chi connectivity index (χ3v) is 29.7. The molecule has 0 fully saturated rings. The van der Waals surface area contributed by atoms with Crippen molar-refractivity contribution in [1.82, 2.24) is 4.57 Å². The minimum Gasteiger partial charge on any atom is -0.505 e. The number of aryl methyl sites for hydroxylation is 1. The van der Waals surface area contributed by atoms with Gasteiger partial charge in [0.2, 0.25) is 0 Å². The number of phenols is 1. The maximum atomic E-state index is 15.4. The van der Waals surface area contributed by atoms with Gasteiger partial charge in [0.25, 0.3) is 0 Å². The van der Waals surface area contributed by atoms with Crippen molar-refractivity contribution in [2.24, 2.45) is 5.41 Å². The molecule has 5 heteroatoms. The molecule has 0 saturated heterocycles. The fourth-order valence-corrected chi connectivity index (χ4v) is 24.6. The van der Waals surface area contributed by atoms with Crippen LogP contribution in [0.1, 0.15) is 198 Å². The molecule has 1 heterocycles. The van der Waals surface area contributed by atoms with Crippen LogP contribution in [0.15, 0.2) is 66.7 Å². The molecule has 0 radical (unpaired) electrons. The van der Waals surface area contributed by atoms with E-state index in [0.29, 0.717) is 27.7 Å². The fraction of sp³-hybridized carbons (Fsp3) is 0.607. The van der Waals surface area contributed by atoms with Gasteiger partial charge in [-0.2, -0.15) is 0 Å². The maximum absolute atomic E-state index is 15.4. The highest BCUT2D eigenvalue weighted by atomic mass is 28.3. The first-order valence-electron chi connectivity index (χ1n) is 26.8. The number of rotatable bonds is 24. The summed E-state index contributed by atoms with van der Waals surface area (Å²) in [5.41, 5.74) is 8.76. The van der Waals surface area contributed by atoms with Crippen molar-refractivity contribution in [3.63, 3.8) is 0 Å². The molecule has 1 N–H and O–H groups in total. The Morgan fingerprint density at radius 2 is 1.00 bits per heavy atom. The number of fused-ring (bicyclic) bond motifs is 3.